The van der Waals surface area contributed by atoms with Gasteiger partial charge in [-0.1, -0.05) is 30.3 Å². The lowest BCUT2D eigenvalue weighted by Gasteiger charge is -2.28. The molecule has 4 rings (SSSR count). The fourth-order valence-corrected chi connectivity index (χ4v) is 2.87. The van der Waals surface area contributed by atoms with Crippen molar-refractivity contribution in [3.8, 4) is 22.6 Å². The summed E-state index contributed by atoms with van der Waals surface area (Å²) in [6.45, 7) is 2.98. The molecule has 25 heavy (non-hydrogen) atoms. The Labute approximate surface area is 145 Å². The van der Waals surface area contributed by atoms with Crippen molar-refractivity contribution < 1.29 is 9.13 Å². The van der Waals surface area contributed by atoms with Gasteiger partial charge in [0.15, 0.2) is 5.82 Å². The zero-order chi connectivity index (χ0) is 17.1. The molecule has 3 aromatic rings. The van der Waals surface area contributed by atoms with E-state index in [2.05, 4.69) is 4.90 Å². The van der Waals surface area contributed by atoms with E-state index in [0.717, 1.165) is 35.7 Å². The van der Waals surface area contributed by atoms with Crippen LogP contribution in [0.5, 0.6) is 0 Å². The largest absolute Gasteiger partial charge is 0.378 e. The highest BCUT2D eigenvalue weighted by Crippen LogP contribution is 2.26. The summed E-state index contributed by atoms with van der Waals surface area (Å²) in [6, 6.07) is 18.3. The number of ether oxygens (including phenoxy) is 1. The molecule has 1 saturated heterocycles. The highest BCUT2D eigenvalue weighted by atomic mass is 19.1. The van der Waals surface area contributed by atoms with E-state index in [1.54, 1.807) is 12.1 Å². The Balaban J connectivity index is 1.81. The van der Waals surface area contributed by atoms with Crippen molar-refractivity contribution in [2.45, 2.75) is 0 Å². The lowest BCUT2D eigenvalue weighted by molar-refractivity contribution is 0.122. The second kappa shape index (κ2) is 6.99. The van der Waals surface area contributed by atoms with Gasteiger partial charge in [-0.25, -0.2) is 14.4 Å². The molecule has 0 unspecified atom stereocenters. The molecular weight excluding hydrogens is 317 g/mol. The molecule has 0 amide bonds. The first kappa shape index (κ1) is 15.7. The average molecular weight is 335 g/mol. The van der Waals surface area contributed by atoms with E-state index in [-0.39, 0.29) is 5.82 Å². The SMILES string of the molecule is Fc1ccc(-c2cc(N3CCOCC3)nc(-c3ccccc3)n2)cc1. The Hall–Kier alpha value is -2.79. The number of rotatable bonds is 3. The fourth-order valence-electron chi connectivity index (χ4n) is 2.87. The van der Waals surface area contributed by atoms with Gasteiger partial charge in [-0.15, -0.1) is 0 Å². The number of anilines is 1. The molecule has 0 spiro atoms. The maximum atomic E-state index is 13.3. The predicted molar refractivity (Wildman–Crippen MR) is 95.9 cm³/mol. The molecule has 126 valence electrons. The first-order chi connectivity index (χ1) is 12.3. The summed E-state index contributed by atoms with van der Waals surface area (Å²) in [5.41, 5.74) is 2.62. The van der Waals surface area contributed by atoms with Crippen molar-refractivity contribution in [1.82, 2.24) is 9.97 Å². The smallest absolute Gasteiger partial charge is 0.162 e. The molecule has 0 N–H and O–H groups in total. The summed E-state index contributed by atoms with van der Waals surface area (Å²) in [4.78, 5) is 11.7. The Morgan fingerprint density at radius 3 is 2.28 bits per heavy atom. The molecular formula is C20H18FN3O. The quantitative estimate of drug-likeness (QED) is 0.730. The fraction of sp³-hybridized carbons (Fsp3) is 0.200. The molecule has 0 atom stereocenters. The number of hydrogen-bond donors (Lipinski definition) is 0. The summed E-state index contributed by atoms with van der Waals surface area (Å²) in [6.07, 6.45) is 0. The highest BCUT2D eigenvalue weighted by Gasteiger charge is 2.16. The number of halogens is 1. The third kappa shape index (κ3) is 3.51. The first-order valence-electron chi connectivity index (χ1n) is 8.33. The summed E-state index contributed by atoms with van der Waals surface area (Å²) in [5.74, 6) is 1.29. The Morgan fingerprint density at radius 2 is 1.56 bits per heavy atom. The Morgan fingerprint density at radius 1 is 0.840 bits per heavy atom. The van der Waals surface area contributed by atoms with Crippen molar-refractivity contribution in [3.05, 3.63) is 66.5 Å². The van der Waals surface area contributed by atoms with Gasteiger partial charge in [-0.3, -0.25) is 0 Å². The van der Waals surface area contributed by atoms with Crippen LogP contribution in [0.25, 0.3) is 22.6 Å². The summed E-state index contributed by atoms with van der Waals surface area (Å²) in [5, 5.41) is 0. The Bertz CT molecular complexity index is 847. The molecule has 1 aliphatic rings. The number of morpholine rings is 1. The number of aromatic nitrogens is 2. The van der Waals surface area contributed by atoms with Crippen LogP contribution in [0, 0.1) is 5.82 Å². The monoisotopic (exact) mass is 335 g/mol. The molecule has 0 aliphatic carbocycles. The number of hydrogen-bond acceptors (Lipinski definition) is 4. The molecule has 0 saturated carbocycles. The average Bonchev–Trinajstić information content (AvgIpc) is 2.69. The minimum absolute atomic E-state index is 0.255. The van der Waals surface area contributed by atoms with Gasteiger partial charge in [0.05, 0.1) is 18.9 Å². The highest BCUT2D eigenvalue weighted by molar-refractivity contribution is 5.68. The summed E-state index contributed by atoms with van der Waals surface area (Å²) in [7, 11) is 0. The van der Waals surface area contributed by atoms with Crippen molar-refractivity contribution in [2.75, 3.05) is 31.2 Å². The molecule has 0 radical (unpaired) electrons. The predicted octanol–water partition coefficient (Wildman–Crippen LogP) is 3.79. The van der Waals surface area contributed by atoms with Crippen molar-refractivity contribution in [1.29, 1.82) is 0 Å². The number of nitrogens with zero attached hydrogens (tertiary/aromatic N) is 3. The maximum absolute atomic E-state index is 13.3. The molecule has 5 heteroatoms. The van der Waals surface area contributed by atoms with Gasteiger partial charge < -0.3 is 9.64 Å². The lowest BCUT2D eigenvalue weighted by atomic mass is 10.1. The molecule has 2 aromatic carbocycles. The van der Waals surface area contributed by atoms with E-state index in [4.69, 9.17) is 14.7 Å². The van der Waals surface area contributed by atoms with Crippen LogP contribution in [0.2, 0.25) is 0 Å². The maximum Gasteiger partial charge on any atom is 0.162 e. The number of benzene rings is 2. The molecule has 1 aliphatic heterocycles. The van der Waals surface area contributed by atoms with E-state index in [0.29, 0.717) is 19.0 Å². The van der Waals surface area contributed by atoms with Gasteiger partial charge in [0, 0.05) is 30.3 Å². The molecule has 1 fully saturated rings. The van der Waals surface area contributed by atoms with E-state index in [9.17, 15) is 4.39 Å². The first-order valence-corrected chi connectivity index (χ1v) is 8.33. The van der Waals surface area contributed by atoms with Gasteiger partial charge >= 0.3 is 0 Å². The Kier molecular flexibility index (Phi) is 4.39. The topological polar surface area (TPSA) is 38.2 Å². The van der Waals surface area contributed by atoms with Gasteiger partial charge in [0.25, 0.3) is 0 Å². The lowest BCUT2D eigenvalue weighted by Crippen LogP contribution is -2.36. The van der Waals surface area contributed by atoms with Crippen LogP contribution in [0.4, 0.5) is 10.2 Å². The minimum Gasteiger partial charge on any atom is -0.378 e. The van der Waals surface area contributed by atoms with Crippen LogP contribution in [0.15, 0.2) is 60.7 Å². The van der Waals surface area contributed by atoms with Gasteiger partial charge in [-0.2, -0.15) is 0 Å². The van der Waals surface area contributed by atoms with Crippen LogP contribution in [-0.2, 0) is 4.74 Å². The molecule has 4 nitrogen and oxygen atoms in total. The summed E-state index contributed by atoms with van der Waals surface area (Å²) >= 11 is 0. The van der Waals surface area contributed by atoms with Crippen molar-refractivity contribution in [2.24, 2.45) is 0 Å². The second-order valence-corrected chi connectivity index (χ2v) is 5.91. The molecule has 2 heterocycles. The normalized spacial score (nSPS) is 14.5. The van der Waals surface area contributed by atoms with Crippen LogP contribution in [-0.4, -0.2) is 36.3 Å². The van der Waals surface area contributed by atoms with Crippen LogP contribution in [0.1, 0.15) is 0 Å². The van der Waals surface area contributed by atoms with Crippen molar-refractivity contribution in [3.63, 3.8) is 0 Å². The van der Waals surface area contributed by atoms with Crippen LogP contribution < -0.4 is 4.90 Å². The van der Waals surface area contributed by atoms with E-state index < -0.39 is 0 Å². The zero-order valence-corrected chi connectivity index (χ0v) is 13.7. The summed E-state index contributed by atoms with van der Waals surface area (Å²) < 4.78 is 18.7. The minimum atomic E-state index is -0.255. The van der Waals surface area contributed by atoms with Gasteiger partial charge in [0.2, 0.25) is 0 Å². The third-order valence-electron chi connectivity index (χ3n) is 4.22. The van der Waals surface area contributed by atoms with E-state index >= 15 is 0 Å². The van der Waals surface area contributed by atoms with Crippen molar-refractivity contribution >= 4 is 5.82 Å². The van der Waals surface area contributed by atoms with E-state index in [1.807, 2.05) is 36.4 Å². The zero-order valence-electron chi connectivity index (χ0n) is 13.7. The molecule has 0 bridgehead atoms. The molecule has 1 aromatic heterocycles. The van der Waals surface area contributed by atoms with Gasteiger partial charge in [0.1, 0.15) is 11.6 Å². The standard InChI is InChI=1S/C20H18FN3O/c21-17-8-6-15(7-9-17)18-14-19(24-10-12-25-13-11-24)23-20(22-18)16-4-2-1-3-5-16/h1-9,14H,10-13H2. The van der Waals surface area contributed by atoms with Crippen LogP contribution in [0.3, 0.4) is 0 Å². The third-order valence-corrected chi connectivity index (χ3v) is 4.22. The van der Waals surface area contributed by atoms with Gasteiger partial charge in [-0.05, 0) is 24.3 Å². The van der Waals surface area contributed by atoms with E-state index in [1.165, 1.54) is 12.1 Å². The van der Waals surface area contributed by atoms with Crippen LogP contribution >= 0.6 is 0 Å². The second-order valence-electron chi connectivity index (χ2n) is 5.91.